The van der Waals surface area contributed by atoms with E-state index in [1.807, 2.05) is 0 Å². The molecule has 1 N–H and O–H groups in total. The van der Waals surface area contributed by atoms with Crippen LogP contribution in [0.15, 0.2) is 27.1 Å². The topological polar surface area (TPSA) is 59.7 Å². The number of hydrogen-bond donors (Lipinski definition) is 1. The molecule has 1 aromatic carbocycles. The Kier molecular flexibility index (Phi) is 2.40. The van der Waals surface area contributed by atoms with Crippen molar-refractivity contribution >= 4 is 32.9 Å². The van der Waals surface area contributed by atoms with E-state index in [1.165, 1.54) is 7.11 Å². The van der Waals surface area contributed by atoms with E-state index in [0.29, 0.717) is 21.2 Å². The van der Waals surface area contributed by atoms with Gasteiger partial charge >= 0.3 is 5.97 Å². The van der Waals surface area contributed by atoms with Gasteiger partial charge in [-0.25, -0.2) is 4.79 Å². The smallest absolute Gasteiger partial charge is 0.373 e. The fourth-order valence-corrected chi connectivity index (χ4v) is 1.89. The van der Waals surface area contributed by atoms with Crippen LogP contribution in [0.5, 0.6) is 5.75 Å². The van der Waals surface area contributed by atoms with E-state index in [-0.39, 0.29) is 5.76 Å². The first-order valence-corrected chi connectivity index (χ1v) is 4.92. The number of methoxy groups -OCH3 is 1. The number of ether oxygens (including phenoxy) is 1. The molecule has 0 fully saturated rings. The van der Waals surface area contributed by atoms with Crippen molar-refractivity contribution in [1.82, 2.24) is 0 Å². The first-order valence-electron chi connectivity index (χ1n) is 4.13. The van der Waals surface area contributed by atoms with Gasteiger partial charge in [0, 0.05) is 11.5 Å². The molecule has 0 saturated carbocycles. The van der Waals surface area contributed by atoms with E-state index in [0.717, 1.165) is 0 Å². The molecule has 0 aliphatic rings. The molecule has 0 amide bonds. The summed E-state index contributed by atoms with van der Waals surface area (Å²) < 4.78 is 10.6. The van der Waals surface area contributed by atoms with Gasteiger partial charge in [-0.1, -0.05) is 0 Å². The molecular formula is C10H7BrO4. The van der Waals surface area contributed by atoms with Crippen molar-refractivity contribution in [2.75, 3.05) is 7.11 Å². The van der Waals surface area contributed by atoms with E-state index in [4.69, 9.17) is 14.3 Å². The van der Waals surface area contributed by atoms with E-state index in [2.05, 4.69) is 15.9 Å². The molecule has 2 rings (SSSR count). The highest BCUT2D eigenvalue weighted by atomic mass is 79.9. The second-order valence-corrected chi connectivity index (χ2v) is 3.71. The molecule has 0 saturated heterocycles. The fraction of sp³-hybridized carbons (Fsp3) is 0.100. The molecule has 0 atom stereocenters. The molecule has 0 aliphatic heterocycles. The van der Waals surface area contributed by atoms with Crippen LogP contribution in [-0.2, 0) is 0 Å². The number of fused-ring (bicyclic) bond motifs is 1. The van der Waals surface area contributed by atoms with E-state index in [9.17, 15) is 4.79 Å². The van der Waals surface area contributed by atoms with Crippen molar-refractivity contribution in [1.29, 1.82) is 0 Å². The Labute approximate surface area is 93.6 Å². The zero-order valence-electron chi connectivity index (χ0n) is 7.78. The zero-order chi connectivity index (χ0) is 11.0. The lowest BCUT2D eigenvalue weighted by atomic mass is 10.2. The number of hydrogen-bond acceptors (Lipinski definition) is 3. The van der Waals surface area contributed by atoms with E-state index < -0.39 is 5.97 Å². The van der Waals surface area contributed by atoms with Gasteiger partial charge in [-0.05, 0) is 28.1 Å². The lowest BCUT2D eigenvalue weighted by Gasteiger charge is -1.96. The average Bonchev–Trinajstić information content (AvgIpc) is 2.55. The summed E-state index contributed by atoms with van der Waals surface area (Å²) in [6.07, 6.45) is 0. The van der Waals surface area contributed by atoms with Crippen LogP contribution in [0.25, 0.3) is 11.0 Å². The number of carboxylic acid groups (broad SMARTS) is 1. The molecule has 5 heteroatoms. The van der Waals surface area contributed by atoms with Crippen molar-refractivity contribution in [2.45, 2.75) is 0 Å². The summed E-state index contributed by atoms with van der Waals surface area (Å²) in [7, 11) is 1.54. The Morgan fingerprint density at radius 2 is 2.27 bits per heavy atom. The van der Waals surface area contributed by atoms with Crippen molar-refractivity contribution in [2.24, 2.45) is 0 Å². The normalized spacial score (nSPS) is 10.5. The number of carbonyl (C=O) groups is 1. The minimum atomic E-state index is -1.10. The summed E-state index contributed by atoms with van der Waals surface area (Å²) in [4.78, 5) is 10.8. The van der Waals surface area contributed by atoms with Gasteiger partial charge in [0.25, 0.3) is 0 Å². The van der Waals surface area contributed by atoms with Crippen LogP contribution < -0.4 is 4.74 Å². The van der Waals surface area contributed by atoms with Gasteiger partial charge < -0.3 is 14.3 Å². The Bertz CT molecular complexity index is 529. The third-order valence-electron chi connectivity index (χ3n) is 2.03. The SMILES string of the molecule is COc1ccc2c(Br)c(C(=O)O)oc2c1. The molecule has 2 aromatic rings. The zero-order valence-corrected chi connectivity index (χ0v) is 9.37. The monoisotopic (exact) mass is 270 g/mol. The highest BCUT2D eigenvalue weighted by molar-refractivity contribution is 9.10. The van der Waals surface area contributed by atoms with Crippen LogP contribution in [0.2, 0.25) is 0 Å². The van der Waals surface area contributed by atoms with Crippen LogP contribution in [0.4, 0.5) is 0 Å². The molecule has 0 radical (unpaired) electrons. The first-order chi connectivity index (χ1) is 7.13. The van der Waals surface area contributed by atoms with Crippen molar-refractivity contribution < 1.29 is 19.1 Å². The maximum atomic E-state index is 10.8. The van der Waals surface area contributed by atoms with Crippen molar-refractivity contribution in [3.63, 3.8) is 0 Å². The van der Waals surface area contributed by atoms with Crippen molar-refractivity contribution in [3.05, 3.63) is 28.4 Å². The summed E-state index contributed by atoms with van der Waals surface area (Å²) in [5.74, 6) is -0.573. The van der Waals surface area contributed by atoms with Gasteiger partial charge in [0.1, 0.15) is 11.3 Å². The molecule has 0 aliphatic carbocycles. The molecule has 0 unspecified atom stereocenters. The summed E-state index contributed by atoms with van der Waals surface area (Å²) >= 11 is 3.18. The van der Waals surface area contributed by atoms with Gasteiger partial charge in [0.05, 0.1) is 11.6 Å². The predicted octanol–water partition coefficient (Wildman–Crippen LogP) is 2.90. The Morgan fingerprint density at radius 1 is 1.53 bits per heavy atom. The molecule has 1 heterocycles. The van der Waals surface area contributed by atoms with Gasteiger partial charge in [0.15, 0.2) is 0 Å². The predicted molar refractivity (Wildman–Crippen MR) is 57.4 cm³/mol. The van der Waals surface area contributed by atoms with Crippen LogP contribution in [-0.4, -0.2) is 18.2 Å². The fourth-order valence-electron chi connectivity index (χ4n) is 1.31. The van der Waals surface area contributed by atoms with Crippen molar-refractivity contribution in [3.8, 4) is 5.75 Å². The quantitative estimate of drug-likeness (QED) is 0.912. The largest absolute Gasteiger partial charge is 0.497 e. The summed E-state index contributed by atoms with van der Waals surface area (Å²) in [5, 5.41) is 9.55. The molecule has 4 nitrogen and oxygen atoms in total. The van der Waals surface area contributed by atoms with Crippen LogP contribution >= 0.6 is 15.9 Å². The Hall–Kier alpha value is -1.49. The van der Waals surface area contributed by atoms with Crippen LogP contribution in [0.1, 0.15) is 10.6 Å². The Balaban J connectivity index is 2.70. The molecule has 0 spiro atoms. The lowest BCUT2D eigenvalue weighted by Crippen LogP contribution is -1.93. The third kappa shape index (κ3) is 1.59. The highest BCUT2D eigenvalue weighted by Crippen LogP contribution is 2.32. The molecule has 78 valence electrons. The van der Waals surface area contributed by atoms with E-state index in [1.54, 1.807) is 18.2 Å². The number of carboxylic acids is 1. The van der Waals surface area contributed by atoms with E-state index >= 15 is 0 Å². The molecule has 15 heavy (non-hydrogen) atoms. The third-order valence-corrected chi connectivity index (χ3v) is 2.82. The first kappa shape index (κ1) is 10.0. The molecule has 0 bridgehead atoms. The Morgan fingerprint density at radius 3 is 2.87 bits per heavy atom. The molecule has 1 aromatic heterocycles. The number of rotatable bonds is 2. The minimum absolute atomic E-state index is 0.0988. The summed E-state index contributed by atoms with van der Waals surface area (Å²) in [5.41, 5.74) is 0.485. The second kappa shape index (κ2) is 3.58. The van der Waals surface area contributed by atoms with Crippen LogP contribution in [0.3, 0.4) is 0 Å². The highest BCUT2D eigenvalue weighted by Gasteiger charge is 2.17. The summed E-state index contributed by atoms with van der Waals surface area (Å²) in [6.45, 7) is 0. The lowest BCUT2D eigenvalue weighted by molar-refractivity contribution is 0.0663. The maximum absolute atomic E-state index is 10.8. The van der Waals surface area contributed by atoms with Gasteiger partial charge in [-0.2, -0.15) is 0 Å². The van der Waals surface area contributed by atoms with Crippen LogP contribution in [0, 0.1) is 0 Å². The number of aromatic carboxylic acids is 1. The number of halogens is 1. The van der Waals surface area contributed by atoms with Gasteiger partial charge in [0.2, 0.25) is 5.76 Å². The number of benzene rings is 1. The molecular weight excluding hydrogens is 264 g/mol. The standard InChI is InChI=1S/C10H7BrO4/c1-14-5-2-3-6-7(4-5)15-9(8(6)11)10(12)13/h2-4H,1H3,(H,12,13). The summed E-state index contributed by atoms with van der Waals surface area (Å²) in [6, 6.07) is 5.13. The maximum Gasteiger partial charge on any atom is 0.373 e. The second-order valence-electron chi connectivity index (χ2n) is 2.91. The number of furan rings is 1. The van der Waals surface area contributed by atoms with Gasteiger partial charge in [-0.15, -0.1) is 0 Å². The average molecular weight is 271 g/mol. The minimum Gasteiger partial charge on any atom is -0.497 e. The van der Waals surface area contributed by atoms with Gasteiger partial charge in [-0.3, -0.25) is 0 Å².